The van der Waals surface area contributed by atoms with Gasteiger partial charge >= 0.3 is 0 Å². The van der Waals surface area contributed by atoms with Crippen molar-refractivity contribution in [1.82, 2.24) is 14.8 Å². The van der Waals surface area contributed by atoms with E-state index in [1.54, 1.807) is 18.4 Å². The summed E-state index contributed by atoms with van der Waals surface area (Å²) in [4.78, 5) is 4.03. The van der Waals surface area contributed by atoms with E-state index in [-0.39, 0.29) is 0 Å². The molecule has 0 fully saturated rings. The van der Waals surface area contributed by atoms with Crippen molar-refractivity contribution in [3.63, 3.8) is 0 Å². The van der Waals surface area contributed by atoms with Gasteiger partial charge in [-0.05, 0) is 43.7 Å². The first kappa shape index (κ1) is 34.2. The lowest BCUT2D eigenvalue weighted by atomic mass is 10.1. The summed E-state index contributed by atoms with van der Waals surface area (Å²) in [5.74, 6) is 10.7. The summed E-state index contributed by atoms with van der Waals surface area (Å²) in [6.07, 6.45) is 22.1. The Balaban J connectivity index is 0.00000631. The number of rotatable bonds is 14. The predicted molar refractivity (Wildman–Crippen MR) is 150 cm³/mol. The van der Waals surface area contributed by atoms with Gasteiger partial charge in [-0.1, -0.05) is 43.9 Å². The molecule has 1 rings (SSSR count). The Bertz CT molecular complexity index is 793. The fourth-order valence-electron chi connectivity index (χ4n) is 3.42. The van der Waals surface area contributed by atoms with Crippen LogP contribution in [0, 0.1) is 12.8 Å². The molecule has 0 aliphatic carbocycles. The van der Waals surface area contributed by atoms with Crippen LogP contribution in [-0.2, 0) is 4.74 Å². The van der Waals surface area contributed by atoms with Crippen LogP contribution >= 0.6 is 0 Å². The zero-order chi connectivity index (χ0) is 28.1. The molecule has 1 aliphatic heterocycles. The third-order valence-electron chi connectivity index (χ3n) is 5.68. The summed E-state index contributed by atoms with van der Waals surface area (Å²) in [6, 6.07) is 0. The number of hydrazine groups is 1. The number of nitrogens with two attached hydrogens (primary N) is 2. The molecule has 37 heavy (non-hydrogen) atoms. The molecule has 0 saturated carbocycles. The van der Waals surface area contributed by atoms with Crippen LogP contribution in [0.15, 0.2) is 65.5 Å². The van der Waals surface area contributed by atoms with E-state index < -0.39 is 18.6 Å². The Morgan fingerprint density at radius 2 is 2.08 bits per heavy atom. The molecule has 208 valence electrons. The van der Waals surface area contributed by atoms with Crippen LogP contribution in [-0.4, -0.2) is 94.9 Å². The molecule has 0 saturated heterocycles. The first-order chi connectivity index (χ1) is 17.8. The van der Waals surface area contributed by atoms with Gasteiger partial charge in [0.1, 0.15) is 12.6 Å². The van der Waals surface area contributed by atoms with Crippen LogP contribution in [0.25, 0.3) is 0 Å². The fourth-order valence-corrected chi connectivity index (χ4v) is 3.42. The molecule has 10 heteroatoms. The van der Waals surface area contributed by atoms with Crippen LogP contribution in [0.1, 0.15) is 32.6 Å². The summed E-state index contributed by atoms with van der Waals surface area (Å²) in [5, 5.41) is 35.8. The van der Waals surface area contributed by atoms with E-state index in [0.717, 1.165) is 30.5 Å². The summed E-state index contributed by atoms with van der Waals surface area (Å²) in [5.41, 5.74) is 1.71. The molecular weight excluding hydrogens is 472 g/mol. The van der Waals surface area contributed by atoms with Crippen molar-refractivity contribution in [2.45, 2.75) is 51.2 Å². The topological polar surface area (TPSA) is 144 Å². The maximum Gasteiger partial charge on any atom is 0.157 e. The van der Waals surface area contributed by atoms with Gasteiger partial charge in [-0.3, -0.25) is 14.8 Å². The van der Waals surface area contributed by atoms with Crippen LogP contribution in [0.3, 0.4) is 0 Å². The highest BCUT2D eigenvalue weighted by Crippen LogP contribution is 2.14. The van der Waals surface area contributed by atoms with Crippen LogP contribution < -0.4 is 11.7 Å². The number of allylic oxidation sites excluding steroid dienone is 4. The van der Waals surface area contributed by atoms with E-state index in [4.69, 9.17) is 16.4 Å². The van der Waals surface area contributed by atoms with Crippen molar-refractivity contribution in [2.24, 2.45) is 16.8 Å². The van der Waals surface area contributed by atoms with E-state index >= 15 is 0 Å². The average Bonchev–Trinajstić information content (AvgIpc) is 2.90. The number of terminal acetylenes is 1. The molecule has 0 aromatic carbocycles. The number of ether oxygens (including phenoxy) is 1. The van der Waals surface area contributed by atoms with E-state index in [1.807, 2.05) is 36.3 Å². The molecule has 0 amide bonds. The normalized spacial score (nSPS) is 21.2. The molecule has 0 spiro atoms. The van der Waals surface area contributed by atoms with Gasteiger partial charge in [0.15, 0.2) is 6.29 Å². The Morgan fingerprint density at radius 3 is 2.73 bits per heavy atom. The van der Waals surface area contributed by atoms with Crippen molar-refractivity contribution in [3.8, 4) is 12.8 Å². The molecule has 3 unspecified atom stereocenters. The second-order valence-corrected chi connectivity index (χ2v) is 8.38. The van der Waals surface area contributed by atoms with Crippen molar-refractivity contribution in [2.75, 3.05) is 39.8 Å². The van der Waals surface area contributed by atoms with E-state index in [2.05, 4.69) is 36.4 Å². The molecule has 1 heterocycles. The SMILES string of the molecule is C#C.C=C/C(=C\C=C\N(N)/C=N\N)CC(O)N(C)CCN(CC)CC(O)C1=C/CCCOC(O)C/C=C\1. The third-order valence-corrected chi connectivity index (χ3v) is 5.68. The second kappa shape index (κ2) is 21.3. The average molecular weight is 519 g/mol. The zero-order valence-corrected chi connectivity index (χ0v) is 22.3. The quantitative estimate of drug-likeness (QED) is 0.0437. The molecule has 0 aromatic heterocycles. The Kier molecular flexibility index (Phi) is 19.8. The van der Waals surface area contributed by atoms with Crippen LogP contribution in [0.4, 0.5) is 0 Å². The van der Waals surface area contributed by atoms with E-state index in [0.29, 0.717) is 39.1 Å². The fraction of sp³-hybridized carbons (Fsp3) is 0.519. The lowest BCUT2D eigenvalue weighted by Crippen LogP contribution is -2.41. The standard InChI is InChI=1S/C25H44N6O4.C2H2/c1-4-21(10-9-14-31(27)20-28-26)18-24(33)29(3)15-16-30(5-2)19-23(32)22-11-6-7-17-35-25(34)13-8-12-22;1-2/h4,8-12,14,20,23-25,32-34H,1,5-7,13,15-19,26-27H2,2-3H3;1-2H/b12-8-,14-9+,21-10+,22-11+,28-20-;. The molecule has 1 aliphatic rings. The number of likely N-dealkylation sites (N-methyl/N-ethyl adjacent to an activating group) is 2. The Hall–Kier alpha value is -2.75. The number of aliphatic hydroxyl groups excluding tert-OH is 3. The van der Waals surface area contributed by atoms with Gasteiger partial charge in [0, 0.05) is 38.7 Å². The van der Waals surface area contributed by atoms with Gasteiger partial charge in [-0.25, -0.2) is 5.84 Å². The lowest BCUT2D eigenvalue weighted by molar-refractivity contribution is -0.0962. The van der Waals surface area contributed by atoms with Gasteiger partial charge in [-0.15, -0.1) is 12.8 Å². The first-order valence-electron chi connectivity index (χ1n) is 12.3. The van der Waals surface area contributed by atoms with E-state index in [9.17, 15) is 15.3 Å². The van der Waals surface area contributed by atoms with Gasteiger partial charge in [0.05, 0.1) is 12.7 Å². The Labute approximate surface area is 222 Å². The molecule has 0 radical (unpaired) electrons. The molecule has 10 nitrogen and oxygen atoms in total. The first-order valence-corrected chi connectivity index (χ1v) is 12.3. The summed E-state index contributed by atoms with van der Waals surface area (Å²) < 4.78 is 5.29. The van der Waals surface area contributed by atoms with Gasteiger partial charge < -0.3 is 25.9 Å². The van der Waals surface area contributed by atoms with E-state index in [1.165, 1.54) is 11.3 Å². The maximum atomic E-state index is 10.8. The second-order valence-electron chi connectivity index (χ2n) is 8.38. The van der Waals surface area contributed by atoms with Crippen LogP contribution in [0.2, 0.25) is 0 Å². The number of hydrogen-bond donors (Lipinski definition) is 5. The van der Waals surface area contributed by atoms with Crippen LogP contribution in [0.5, 0.6) is 0 Å². The third kappa shape index (κ3) is 15.9. The maximum absolute atomic E-state index is 10.8. The minimum Gasteiger partial charge on any atom is -0.387 e. The molecule has 7 N–H and O–H groups in total. The van der Waals surface area contributed by atoms with Gasteiger partial charge in [-0.2, -0.15) is 5.10 Å². The number of hydrazone groups is 1. The number of aliphatic hydroxyl groups is 3. The highest BCUT2D eigenvalue weighted by Gasteiger charge is 2.17. The smallest absolute Gasteiger partial charge is 0.157 e. The summed E-state index contributed by atoms with van der Waals surface area (Å²) in [7, 11) is 1.87. The largest absolute Gasteiger partial charge is 0.387 e. The molecule has 0 bridgehead atoms. The lowest BCUT2D eigenvalue weighted by Gasteiger charge is -2.29. The van der Waals surface area contributed by atoms with Gasteiger partial charge in [0.25, 0.3) is 0 Å². The van der Waals surface area contributed by atoms with Crippen molar-refractivity contribution < 1.29 is 20.1 Å². The zero-order valence-electron chi connectivity index (χ0n) is 22.3. The summed E-state index contributed by atoms with van der Waals surface area (Å²) >= 11 is 0. The highest BCUT2D eigenvalue weighted by atomic mass is 16.6. The summed E-state index contributed by atoms with van der Waals surface area (Å²) in [6.45, 7) is 8.94. The minimum absolute atomic E-state index is 0.396. The molecule has 3 atom stereocenters. The van der Waals surface area contributed by atoms with Crippen molar-refractivity contribution in [3.05, 3.63) is 60.4 Å². The minimum atomic E-state index is -0.801. The van der Waals surface area contributed by atoms with Crippen molar-refractivity contribution in [1.29, 1.82) is 0 Å². The predicted octanol–water partition coefficient (Wildman–Crippen LogP) is 1.26. The Morgan fingerprint density at radius 1 is 1.35 bits per heavy atom. The number of nitrogens with zero attached hydrogens (tertiary/aromatic N) is 4. The van der Waals surface area contributed by atoms with Crippen molar-refractivity contribution >= 4 is 6.34 Å². The van der Waals surface area contributed by atoms with Gasteiger partial charge in [0.2, 0.25) is 0 Å². The molecule has 0 aromatic rings. The molecular formula is C27H46N6O4. The monoisotopic (exact) mass is 518 g/mol. The number of hydrogen-bond acceptors (Lipinski definition) is 9. The highest BCUT2D eigenvalue weighted by molar-refractivity contribution is 5.54.